The highest BCUT2D eigenvalue weighted by Gasteiger charge is 2.45. The molecular formula is C39H34ClFN6O4S. The lowest BCUT2D eigenvalue weighted by atomic mass is 9.73. The summed E-state index contributed by atoms with van der Waals surface area (Å²) in [5, 5.41) is 6.31. The van der Waals surface area contributed by atoms with Crippen molar-refractivity contribution in [3.05, 3.63) is 118 Å². The van der Waals surface area contributed by atoms with Gasteiger partial charge in [0.25, 0.3) is 17.7 Å². The van der Waals surface area contributed by atoms with Crippen molar-refractivity contribution in [2.45, 2.75) is 26.2 Å². The number of ether oxygens (including phenoxy) is 1. The van der Waals surface area contributed by atoms with Crippen molar-refractivity contribution in [2.75, 3.05) is 53.3 Å². The number of thiophene rings is 1. The van der Waals surface area contributed by atoms with E-state index in [-0.39, 0.29) is 27.8 Å². The van der Waals surface area contributed by atoms with Gasteiger partial charge in [-0.2, -0.15) is 0 Å². The SMILES string of the molecule is Cc1ccc(C(=O)Nc2ccc(C(=O)N3CCc4cc(NC(=O)c5c(F)cccc5Cl)sc4-c4ncccc43)cc2)c(N2CC3(CCOCC3)C2)n1. The monoisotopic (exact) mass is 736 g/mol. The first-order valence-electron chi connectivity index (χ1n) is 17.1. The fourth-order valence-corrected chi connectivity index (χ4v) is 8.52. The van der Waals surface area contributed by atoms with Crippen LogP contribution in [0.5, 0.6) is 0 Å². The van der Waals surface area contributed by atoms with Gasteiger partial charge in [0.05, 0.1) is 31.7 Å². The van der Waals surface area contributed by atoms with Crippen molar-refractivity contribution in [1.29, 1.82) is 0 Å². The van der Waals surface area contributed by atoms with Crippen LogP contribution in [0.1, 0.15) is 55.2 Å². The Morgan fingerprint density at radius 2 is 1.75 bits per heavy atom. The molecule has 6 heterocycles. The zero-order valence-corrected chi connectivity index (χ0v) is 29.8. The highest BCUT2D eigenvalue weighted by atomic mass is 35.5. The molecule has 0 bridgehead atoms. The van der Waals surface area contributed by atoms with Crippen LogP contribution >= 0.6 is 22.9 Å². The molecule has 3 amide bonds. The molecule has 0 saturated carbocycles. The van der Waals surface area contributed by atoms with Gasteiger partial charge in [-0.05, 0) is 98.5 Å². The molecule has 2 saturated heterocycles. The van der Waals surface area contributed by atoms with Crippen LogP contribution in [0.2, 0.25) is 5.02 Å². The van der Waals surface area contributed by atoms with Crippen LogP contribution in [0.3, 0.4) is 0 Å². The third kappa shape index (κ3) is 6.42. The molecule has 2 N–H and O–H groups in total. The van der Waals surface area contributed by atoms with Gasteiger partial charge < -0.3 is 25.2 Å². The van der Waals surface area contributed by atoms with Crippen molar-refractivity contribution >= 4 is 62.9 Å². The quantitative estimate of drug-likeness (QED) is 0.184. The fourth-order valence-electron chi connectivity index (χ4n) is 7.16. The maximum atomic E-state index is 14.4. The number of nitrogens with zero attached hydrogens (tertiary/aromatic N) is 4. The lowest BCUT2D eigenvalue weighted by Gasteiger charge is -2.53. The van der Waals surface area contributed by atoms with Crippen molar-refractivity contribution < 1.29 is 23.5 Å². The number of anilines is 4. The van der Waals surface area contributed by atoms with E-state index >= 15 is 0 Å². The summed E-state index contributed by atoms with van der Waals surface area (Å²) in [7, 11) is 0. The van der Waals surface area contributed by atoms with Crippen molar-refractivity contribution in [3.8, 4) is 10.6 Å². The Kier molecular flexibility index (Phi) is 8.98. The molecule has 0 unspecified atom stereocenters. The topological polar surface area (TPSA) is 117 Å². The van der Waals surface area contributed by atoms with E-state index < -0.39 is 11.7 Å². The Labute approximate surface area is 308 Å². The highest BCUT2D eigenvalue weighted by molar-refractivity contribution is 7.19. The lowest BCUT2D eigenvalue weighted by Crippen LogP contribution is -2.59. The van der Waals surface area contributed by atoms with Crippen LogP contribution in [-0.2, 0) is 11.2 Å². The molecule has 3 aromatic heterocycles. The molecule has 10 nitrogen and oxygen atoms in total. The van der Waals surface area contributed by atoms with E-state index in [1.165, 1.54) is 29.5 Å². The van der Waals surface area contributed by atoms with E-state index in [9.17, 15) is 18.8 Å². The van der Waals surface area contributed by atoms with Gasteiger partial charge in [-0.3, -0.25) is 19.4 Å². The second-order valence-corrected chi connectivity index (χ2v) is 14.9. The van der Waals surface area contributed by atoms with Gasteiger partial charge >= 0.3 is 0 Å². The van der Waals surface area contributed by atoms with E-state index in [2.05, 4.69) is 20.5 Å². The molecule has 52 heavy (non-hydrogen) atoms. The summed E-state index contributed by atoms with van der Waals surface area (Å²) < 4.78 is 20.0. The number of carbonyl (C=O) groups is 3. The van der Waals surface area contributed by atoms with Crippen LogP contribution in [0, 0.1) is 18.2 Å². The van der Waals surface area contributed by atoms with Crippen molar-refractivity contribution in [3.63, 3.8) is 0 Å². The summed E-state index contributed by atoms with van der Waals surface area (Å²) >= 11 is 7.42. The van der Waals surface area contributed by atoms with E-state index in [1.54, 1.807) is 41.4 Å². The Morgan fingerprint density at radius 3 is 2.52 bits per heavy atom. The maximum absolute atomic E-state index is 14.4. The number of rotatable bonds is 6. The van der Waals surface area contributed by atoms with Crippen LogP contribution in [0.4, 0.5) is 26.6 Å². The predicted molar refractivity (Wildman–Crippen MR) is 200 cm³/mol. The summed E-state index contributed by atoms with van der Waals surface area (Å²) in [5.74, 6) is -1.14. The Morgan fingerprint density at radius 1 is 0.962 bits per heavy atom. The van der Waals surface area contributed by atoms with Crippen LogP contribution in [0.15, 0.2) is 79.0 Å². The van der Waals surface area contributed by atoms with Gasteiger partial charge in [-0.25, -0.2) is 9.37 Å². The van der Waals surface area contributed by atoms with Gasteiger partial charge in [0.15, 0.2) is 0 Å². The molecule has 5 aromatic rings. The molecule has 0 atom stereocenters. The maximum Gasteiger partial charge on any atom is 0.260 e. The first-order chi connectivity index (χ1) is 25.2. The second-order valence-electron chi connectivity index (χ2n) is 13.4. The van der Waals surface area contributed by atoms with E-state index in [4.69, 9.17) is 21.3 Å². The number of nitrogens with one attached hydrogen (secondary N) is 2. The van der Waals surface area contributed by atoms with E-state index in [0.717, 1.165) is 55.3 Å². The average Bonchev–Trinajstić information content (AvgIpc) is 3.46. The molecule has 0 radical (unpaired) electrons. The molecule has 1 spiro atoms. The molecule has 0 aliphatic carbocycles. The first kappa shape index (κ1) is 33.9. The number of hydrogen-bond acceptors (Lipinski definition) is 8. The Bertz CT molecular complexity index is 2190. The Hall–Kier alpha value is -5.17. The summed E-state index contributed by atoms with van der Waals surface area (Å²) in [6.45, 7) is 5.54. The number of aryl methyl sites for hydroxylation is 1. The van der Waals surface area contributed by atoms with Crippen molar-refractivity contribution in [2.24, 2.45) is 5.41 Å². The minimum atomic E-state index is -0.705. The number of fused-ring (bicyclic) bond motifs is 3. The Balaban J connectivity index is 0.971. The van der Waals surface area contributed by atoms with Gasteiger partial charge in [-0.1, -0.05) is 17.7 Å². The highest BCUT2D eigenvalue weighted by Crippen LogP contribution is 2.44. The summed E-state index contributed by atoms with van der Waals surface area (Å²) in [6.07, 6.45) is 4.19. The fraction of sp³-hybridized carbons (Fsp3) is 0.256. The molecule has 2 aromatic carbocycles. The largest absolute Gasteiger partial charge is 0.381 e. The van der Waals surface area contributed by atoms with E-state index in [0.29, 0.717) is 52.0 Å². The normalized spacial score (nSPS) is 16.0. The van der Waals surface area contributed by atoms with Crippen molar-refractivity contribution in [1.82, 2.24) is 9.97 Å². The third-order valence-electron chi connectivity index (χ3n) is 9.93. The molecule has 2 fully saturated rings. The zero-order chi connectivity index (χ0) is 36.0. The first-order valence-corrected chi connectivity index (χ1v) is 18.2. The summed E-state index contributed by atoms with van der Waals surface area (Å²) in [6, 6.07) is 20.1. The number of carbonyl (C=O) groups excluding carboxylic acids is 3. The van der Waals surface area contributed by atoms with Gasteiger partial charge in [0.2, 0.25) is 0 Å². The molecule has 8 rings (SSSR count). The smallest absolute Gasteiger partial charge is 0.260 e. The summed E-state index contributed by atoms with van der Waals surface area (Å²) in [5.41, 5.74) is 4.52. The van der Waals surface area contributed by atoms with Gasteiger partial charge in [-0.15, -0.1) is 11.3 Å². The standard InChI is InChI=1S/C39H34ClFN6O4S/c1-23-7-12-27(35(43-23)46-21-39(22-46)14-18-51-19-15-39)36(48)44-26-10-8-24(9-11-26)38(50)47-17-13-25-20-31(52-34(25)33-30(47)6-3-16-42-33)45-37(49)32-28(40)4-2-5-29(32)41/h2-12,16,20H,13-15,17-19,21-22H2,1H3,(H,44,48)(H,45,49). The molecular weight excluding hydrogens is 703 g/mol. The van der Waals surface area contributed by atoms with Crippen LogP contribution in [0.25, 0.3) is 10.6 Å². The molecule has 3 aliphatic heterocycles. The predicted octanol–water partition coefficient (Wildman–Crippen LogP) is 7.63. The number of benzene rings is 2. The summed E-state index contributed by atoms with van der Waals surface area (Å²) in [4.78, 5) is 54.5. The average molecular weight is 737 g/mol. The van der Waals surface area contributed by atoms with Gasteiger partial charge in [0.1, 0.15) is 17.3 Å². The zero-order valence-electron chi connectivity index (χ0n) is 28.2. The third-order valence-corrected chi connectivity index (χ3v) is 11.3. The van der Waals surface area contributed by atoms with E-state index in [1.807, 2.05) is 31.2 Å². The lowest BCUT2D eigenvalue weighted by molar-refractivity contribution is -0.000519. The number of aromatic nitrogens is 2. The molecule has 264 valence electrons. The minimum absolute atomic E-state index is 0.0238. The van der Waals surface area contributed by atoms with Gasteiger partial charge in [0, 0.05) is 61.4 Å². The number of hydrogen-bond donors (Lipinski definition) is 2. The second kappa shape index (κ2) is 13.8. The molecule has 13 heteroatoms. The van der Waals surface area contributed by atoms with Crippen LogP contribution < -0.4 is 20.4 Å². The number of pyridine rings is 2. The number of amides is 3. The van der Waals surface area contributed by atoms with Crippen LogP contribution in [-0.4, -0.2) is 60.5 Å². The minimum Gasteiger partial charge on any atom is -0.381 e. The number of halogens is 2. The molecule has 3 aliphatic rings.